The highest BCUT2D eigenvalue weighted by Crippen LogP contribution is 2.68. The molecule has 2 saturated heterocycles. The molecule has 4 fully saturated rings. The average Bonchev–Trinajstić information content (AvgIpc) is 3.56. The van der Waals surface area contributed by atoms with E-state index in [0.29, 0.717) is 18.6 Å². The van der Waals surface area contributed by atoms with Crippen LogP contribution in [0.25, 0.3) is 21.9 Å². The van der Waals surface area contributed by atoms with Crippen molar-refractivity contribution >= 4 is 45.8 Å². The molecule has 6 atom stereocenters. The van der Waals surface area contributed by atoms with Crippen LogP contribution in [0.15, 0.2) is 33.5 Å². The lowest BCUT2D eigenvalue weighted by molar-refractivity contribution is -0.217. The van der Waals surface area contributed by atoms with Crippen molar-refractivity contribution < 1.29 is 56.8 Å². The zero-order valence-corrected chi connectivity index (χ0v) is 31.6. The number of esters is 4. The van der Waals surface area contributed by atoms with Crippen LogP contribution in [0.2, 0.25) is 0 Å². The second-order valence-electron chi connectivity index (χ2n) is 17.2. The molecule has 13 nitrogen and oxygen atoms in total. The number of hydrogen-bond acceptors (Lipinski definition) is 13. The van der Waals surface area contributed by atoms with E-state index in [1.54, 1.807) is 59.7 Å². The fourth-order valence-electron chi connectivity index (χ4n) is 9.62. The molecule has 3 aromatic rings. The third-order valence-electron chi connectivity index (χ3n) is 14.2. The molecular weight excluding hydrogens is 688 g/mol. The number of rotatable bonds is 6. The molecule has 4 bridgehead atoms. The van der Waals surface area contributed by atoms with E-state index in [2.05, 4.69) is 0 Å². The van der Waals surface area contributed by atoms with E-state index < -0.39 is 80.0 Å². The summed E-state index contributed by atoms with van der Waals surface area (Å²) in [7, 11) is 2.88. The second kappa shape index (κ2) is 10.4. The molecule has 0 amide bonds. The van der Waals surface area contributed by atoms with Crippen LogP contribution in [0.3, 0.4) is 0 Å². The fourth-order valence-corrected chi connectivity index (χ4v) is 9.62. The van der Waals surface area contributed by atoms with Crippen molar-refractivity contribution in [3.05, 3.63) is 40.1 Å². The van der Waals surface area contributed by atoms with Crippen molar-refractivity contribution in [2.75, 3.05) is 14.2 Å². The summed E-state index contributed by atoms with van der Waals surface area (Å²) in [5.41, 5.74) is -8.62. The van der Waals surface area contributed by atoms with Crippen molar-refractivity contribution in [2.24, 2.45) is 21.7 Å². The van der Waals surface area contributed by atoms with Crippen LogP contribution in [0.1, 0.15) is 92.7 Å². The predicted molar refractivity (Wildman–Crippen MR) is 186 cm³/mol. The van der Waals surface area contributed by atoms with Gasteiger partial charge in [-0.3, -0.25) is 14.4 Å². The topological polar surface area (TPSA) is 163 Å². The first kappa shape index (κ1) is 35.2. The van der Waals surface area contributed by atoms with Crippen LogP contribution < -0.4 is 19.6 Å². The first-order valence-corrected chi connectivity index (χ1v) is 17.9. The molecule has 0 N–H and O–H groups in total. The van der Waals surface area contributed by atoms with E-state index in [9.17, 15) is 24.0 Å². The van der Waals surface area contributed by atoms with Gasteiger partial charge < -0.3 is 37.6 Å². The summed E-state index contributed by atoms with van der Waals surface area (Å²) >= 11 is 0. The number of hydrogen-bond donors (Lipinski definition) is 0. The highest BCUT2D eigenvalue weighted by atomic mass is 16.7. The Labute approximate surface area is 305 Å². The summed E-state index contributed by atoms with van der Waals surface area (Å²) in [6.45, 7) is 14.1. The smallest absolute Gasteiger partial charge is 0.351 e. The van der Waals surface area contributed by atoms with Gasteiger partial charge in [-0.05, 0) is 71.6 Å². The van der Waals surface area contributed by atoms with Crippen LogP contribution in [0, 0.1) is 21.7 Å². The molecule has 3 aliphatic heterocycles. The van der Waals surface area contributed by atoms with Gasteiger partial charge in [-0.25, -0.2) is 9.59 Å². The molecule has 0 unspecified atom stereocenters. The molecule has 4 heterocycles. The van der Waals surface area contributed by atoms with Gasteiger partial charge >= 0.3 is 23.9 Å². The van der Waals surface area contributed by atoms with Gasteiger partial charge in [0.15, 0.2) is 17.8 Å². The Morgan fingerprint density at radius 3 is 1.77 bits per heavy atom. The highest BCUT2D eigenvalue weighted by molar-refractivity contribution is 5.98. The minimum atomic E-state index is -1.66. The standard InChI is InChI=1S/C40H44O13/c1-34(2)29(50-33(45)40-16-14-38(8,31(43)53-40)36(40,5)6)28(49-32(44)39-15-13-37(7,30(42)52-39)35(39,3)4)25-23(51-34)18-22(47-10)24-26(41)20-17-19(46-9)11-12-21(20)48-27(24)25/h11-12,17-18,28-29H,13-16H2,1-10H3/t28-,29-,37+,38+,39-,40-/m1/s1. The molecule has 282 valence electrons. The average molecular weight is 733 g/mol. The summed E-state index contributed by atoms with van der Waals surface area (Å²) < 4.78 is 48.8. The number of fused-ring (bicyclic) bond motifs is 8. The second-order valence-corrected chi connectivity index (χ2v) is 17.2. The first-order valence-electron chi connectivity index (χ1n) is 17.9. The third kappa shape index (κ3) is 4.00. The molecular formula is C40H44O13. The zero-order valence-electron chi connectivity index (χ0n) is 31.6. The van der Waals surface area contributed by atoms with Crippen LogP contribution >= 0.6 is 0 Å². The molecule has 2 aromatic carbocycles. The van der Waals surface area contributed by atoms with Crippen molar-refractivity contribution in [2.45, 2.75) is 110 Å². The van der Waals surface area contributed by atoms with Crippen molar-refractivity contribution in [1.29, 1.82) is 0 Å². The SMILES string of the molecule is COc1ccc2oc3c4c(cc(OC)c3c(=O)c2c1)OC(C)(C)[C@H](OC(=O)[C@@]12CC[C@@](C)(C(=O)O1)C2(C)C)[C@@H]4OC(=O)[C@@]12CC[C@@](C)(C(=O)O1)C2(C)C. The summed E-state index contributed by atoms with van der Waals surface area (Å²) in [5.74, 6) is -1.95. The Kier molecular flexibility index (Phi) is 6.94. The normalized spacial score (nSPS) is 33.9. The summed E-state index contributed by atoms with van der Waals surface area (Å²) in [6, 6.07) is 6.28. The van der Waals surface area contributed by atoms with E-state index >= 15 is 0 Å². The van der Waals surface area contributed by atoms with Crippen molar-refractivity contribution in [3.8, 4) is 17.2 Å². The maximum absolute atomic E-state index is 14.7. The lowest BCUT2D eigenvalue weighted by Gasteiger charge is -2.46. The summed E-state index contributed by atoms with van der Waals surface area (Å²) in [6.07, 6.45) is -1.61. The lowest BCUT2D eigenvalue weighted by Crippen LogP contribution is -2.57. The minimum Gasteiger partial charge on any atom is -0.497 e. The fraction of sp³-hybridized carbons (Fsp3) is 0.575. The molecule has 1 aromatic heterocycles. The predicted octanol–water partition coefficient (Wildman–Crippen LogP) is 5.87. The summed E-state index contributed by atoms with van der Waals surface area (Å²) in [5, 5.41) is 0.234. The lowest BCUT2D eigenvalue weighted by atomic mass is 9.66. The number of methoxy groups -OCH3 is 2. The highest BCUT2D eigenvalue weighted by Gasteiger charge is 2.78. The molecule has 0 radical (unpaired) electrons. The first-order chi connectivity index (χ1) is 24.7. The van der Waals surface area contributed by atoms with Gasteiger partial charge in [0.05, 0.1) is 36.0 Å². The van der Waals surface area contributed by atoms with Gasteiger partial charge in [-0.2, -0.15) is 0 Å². The molecule has 2 aliphatic carbocycles. The Hall–Kier alpha value is -4.81. The molecule has 13 heteroatoms. The Bertz CT molecular complexity index is 2250. The largest absolute Gasteiger partial charge is 0.497 e. The van der Waals surface area contributed by atoms with E-state index in [1.807, 2.05) is 13.8 Å². The monoisotopic (exact) mass is 732 g/mol. The van der Waals surface area contributed by atoms with E-state index in [4.69, 9.17) is 37.6 Å². The Morgan fingerprint density at radius 1 is 0.717 bits per heavy atom. The number of carbonyl (C=O) groups is 4. The Balaban J connectivity index is 1.33. The van der Waals surface area contributed by atoms with Gasteiger partial charge in [0.25, 0.3) is 0 Å². The quantitative estimate of drug-likeness (QED) is 0.168. The number of ether oxygens (including phenoxy) is 7. The molecule has 0 spiro atoms. The summed E-state index contributed by atoms with van der Waals surface area (Å²) in [4.78, 5) is 70.0. The van der Waals surface area contributed by atoms with Gasteiger partial charge in [-0.15, -0.1) is 0 Å². The van der Waals surface area contributed by atoms with Crippen LogP contribution in [0.5, 0.6) is 17.2 Å². The number of benzene rings is 2. The minimum absolute atomic E-state index is 0.0213. The third-order valence-corrected chi connectivity index (χ3v) is 14.2. The van der Waals surface area contributed by atoms with Crippen LogP contribution in [-0.4, -0.2) is 61.0 Å². The van der Waals surface area contributed by atoms with Gasteiger partial charge in [0, 0.05) is 16.9 Å². The molecule has 5 aliphatic rings. The van der Waals surface area contributed by atoms with E-state index in [0.717, 1.165) is 0 Å². The molecule has 53 heavy (non-hydrogen) atoms. The van der Waals surface area contributed by atoms with Gasteiger partial charge in [-0.1, -0.05) is 27.7 Å². The zero-order chi connectivity index (χ0) is 38.5. The van der Waals surface area contributed by atoms with Crippen LogP contribution in [-0.2, 0) is 38.1 Å². The van der Waals surface area contributed by atoms with Crippen molar-refractivity contribution in [3.63, 3.8) is 0 Å². The van der Waals surface area contributed by atoms with Gasteiger partial charge in [0.1, 0.15) is 33.8 Å². The van der Waals surface area contributed by atoms with E-state index in [1.165, 1.54) is 20.3 Å². The van der Waals surface area contributed by atoms with Crippen molar-refractivity contribution in [1.82, 2.24) is 0 Å². The maximum atomic E-state index is 14.7. The van der Waals surface area contributed by atoms with E-state index in [-0.39, 0.29) is 51.8 Å². The molecule has 8 rings (SSSR count). The maximum Gasteiger partial charge on any atom is 0.351 e. The Morgan fingerprint density at radius 2 is 1.28 bits per heavy atom. The number of carbonyl (C=O) groups excluding carboxylic acids is 4. The van der Waals surface area contributed by atoms with Crippen LogP contribution in [0.4, 0.5) is 0 Å². The van der Waals surface area contributed by atoms with Gasteiger partial charge in [0.2, 0.25) is 16.6 Å². The molecule has 2 saturated carbocycles.